The van der Waals surface area contributed by atoms with Gasteiger partial charge in [-0.25, -0.2) is 4.79 Å². The molecule has 134 valence electrons. The summed E-state index contributed by atoms with van der Waals surface area (Å²) in [5.74, 6) is -0.150. The standard InChI is InChI=1S/C20H20N2O4/c1-11(2)26-20(24)14-5-6-17-16(10-14)18(9-12(3)21-17)22-19(23)15-7-8-25-13(15)4/h5-11H,1-4H3,(H,21,22,23). The number of nitrogens with one attached hydrogen (secondary N) is 1. The summed E-state index contributed by atoms with van der Waals surface area (Å²) >= 11 is 0. The van der Waals surface area contributed by atoms with Gasteiger partial charge in [0.15, 0.2) is 0 Å². The molecule has 2 heterocycles. The first-order valence-corrected chi connectivity index (χ1v) is 8.33. The zero-order valence-electron chi connectivity index (χ0n) is 15.1. The van der Waals surface area contributed by atoms with Crippen LogP contribution >= 0.6 is 0 Å². The summed E-state index contributed by atoms with van der Waals surface area (Å²) in [5.41, 5.74) is 2.90. The summed E-state index contributed by atoms with van der Waals surface area (Å²) in [6, 6.07) is 8.49. The number of esters is 1. The van der Waals surface area contributed by atoms with Crippen molar-refractivity contribution >= 4 is 28.5 Å². The Morgan fingerprint density at radius 1 is 1.15 bits per heavy atom. The van der Waals surface area contributed by atoms with Crippen LogP contribution in [0.4, 0.5) is 5.69 Å². The summed E-state index contributed by atoms with van der Waals surface area (Å²) in [6.45, 7) is 7.16. The SMILES string of the molecule is Cc1cc(NC(=O)c2ccoc2C)c2cc(C(=O)OC(C)C)ccc2n1. The first kappa shape index (κ1) is 17.7. The highest BCUT2D eigenvalue weighted by Crippen LogP contribution is 2.26. The van der Waals surface area contributed by atoms with Crippen LogP contribution in [0.5, 0.6) is 0 Å². The average Bonchev–Trinajstić information content (AvgIpc) is 3.00. The van der Waals surface area contributed by atoms with E-state index >= 15 is 0 Å². The molecule has 0 saturated heterocycles. The van der Waals surface area contributed by atoms with Crippen LogP contribution in [-0.4, -0.2) is 23.0 Å². The van der Waals surface area contributed by atoms with E-state index in [2.05, 4.69) is 10.3 Å². The number of aromatic nitrogens is 1. The Hall–Kier alpha value is -3.15. The summed E-state index contributed by atoms with van der Waals surface area (Å²) in [7, 11) is 0. The number of ether oxygens (including phenoxy) is 1. The van der Waals surface area contributed by atoms with Crippen LogP contribution in [0.2, 0.25) is 0 Å². The van der Waals surface area contributed by atoms with Crippen molar-refractivity contribution < 1.29 is 18.7 Å². The molecule has 6 heteroatoms. The zero-order chi connectivity index (χ0) is 18.8. The van der Waals surface area contributed by atoms with Gasteiger partial charge in [0.2, 0.25) is 0 Å². The molecule has 0 bridgehead atoms. The highest BCUT2D eigenvalue weighted by molar-refractivity contribution is 6.10. The molecule has 0 radical (unpaired) electrons. The van der Waals surface area contributed by atoms with Crippen LogP contribution in [0.1, 0.15) is 46.0 Å². The number of furan rings is 1. The van der Waals surface area contributed by atoms with Crippen LogP contribution in [0.3, 0.4) is 0 Å². The molecule has 3 rings (SSSR count). The maximum atomic E-state index is 12.5. The monoisotopic (exact) mass is 352 g/mol. The fraction of sp³-hybridized carbons (Fsp3) is 0.250. The van der Waals surface area contributed by atoms with Gasteiger partial charge in [-0.2, -0.15) is 0 Å². The smallest absolute Gasteiger partial charge is 0.338 e. The van der Waals surface area contributed by atoms with Crippen molar-refractivity contribution in [1.82, 2.24) is 4.98 Å². The van der Waals surface area contributed by atoms with E-state index < -0.39 is 5.97 Å². The highest BCUT2D eigenvalue weighted by Gasteiger charge is 2.16. The van der Waals surface area contributed by atoms with Gasteiger partial charge in [-0.1, -0.05) is 0 Å². The van der Waals surface area contributed by atoms with Gasteiger partial charge in [0.05, 0.1) is 34.7 Å². The molecule has 0 atom stereocenters. The number of nitrogens with zero attached hydrogens (tertiary/aromatic N) is 1. The molecule has 0 aliphatic heterocycles. The van der Waals surface area contributed by atoms with Crippen molar-refractivity contribution in [3.05, 3.63) is 59.2 Å². The maximum Gasteiger partial charge on any atom is 0.338 e. The molecule has 1 aromatic carbocycles. The van der Waals surface area contributed by atoms with E-state index in [0.717, 1.165) is 5.69 Å². The molecule has 0 aliphatic carbocycles. The van der Waals surface area contributed by atoms with E-state index in [0.29, 0.717) is 33.5 Å². The average molecular weight is 352 g/mol. The third-order valence-corrected chi connectivity index (χ3v) is 3.87. The van der Waals surface area contributed by atoms with Crippen LogP contribution in [0, 0.1) is 13.8 Å². The molecular weight excluding hydrogens is 332 g/mol. The largest absolute Gasteiger partial charge is 0.469 e. The summed E-state index contributed by atoms with van der Waals surface area (Å²) in [4.78, 5) is 29.2. The van der Waals surface area contributed by atoms with E-state index in [4.69, 9.17) is 9.15 Å². The fourth-order valence-corrected chi connectivity index (χ4v) is 2.68. The minimum atomic E-state index is -0.412. The number of rotatable bonds is 4. The molecule has 0 aliphatic rings. The first-order chi connectivity index (χ1) is 12.3. The molecule has 6 nitrogen and oxygen atoms in total. The second-order valence-corrected chi connectivity index (χ2v) is 6.34. The minimum Gasteiger partial charge on any atom is -0.469 e. The first-order valence-electron chi connectivity index (χ1n) is 8.33. The van der Waals surface area contributed by atoms with E-state index in [1.54, 1.807) is 51.1 Å². The predicted octanol–water partition coefficient (Wildman–Crippen LogP) is 4.26. The highest BCUT2D eigenvalue weighted by atomic mass is 16.5. The lowest BCUT2D eigenvalue weighted by atomic mass is 10.1. The Balaban J connectivity index is 2.01. The fourth-order valence-electron chi connectivity index (χ4n) is 2.68. The number of amides is 1. The van der Waals surface area contributed by atoms with Crippen molar-refractivity contribution in [3.8, 4) is 0 Å². The summed E-state index contributed by atoms with van der Waals surface area (Å²) in [5, 5.41) is 3.55. The van der Waals surface area contributed by atoms with Gasteiger partial charge >= 0.3 is 5.97 Å². The predicted molar refractivity (Wildman–Crippen MR) is 98.4 cm³/mol. The maximum absolute atomic E-state index is 12.5. The van der Waals surface area contributed by atoms with Crippen LogP contribution in [0.25, 0.3) is 10.9 Å². The van der Waals surface area contributed by atoms with Crippen molar-refractivity contribution in [1.29, 1.82) is 0 Å². The van der Waals surface area contributed by atoms with E-state index in [-0.39, 0.29) is 12.0 Å². The van der Waals surface area contributed by atoms with E-state index in [1.807, 2.05) is 6.92 Å². The lowest BCUT2D eigenvalue weighted by molar-refractivity contribution is 0.0378. The number of hydrogen-bond donors (Lipinski definition) is 1. The third kappa shape index (κ3) is 3.59. The number of pyridine rings is 1. The van der Waals surface area contributed by atoms with Crippen LogP contribution in [0.15, 0.2) is 41.0 Å². The van der Waals surface area contributed by atoms with Gasteiger partial charge in [0.1, 0.15) is 5.76 Å². The van der Waals surface area contributed by atoms with Crippen LogP contribution < -0.4 is 5.32 Å². The topological polar surface area (TPSA) is 81.4 Å². The number of fused-ring (bicyclic) bond motifs is 1. The second-order valence-electron chi connectivity index (χ2n) is 6.34. The second kappa shape index (κ2) is 7.00. The Morgan fingerprint density at radius 2 is 1.92 bits per heavy atom. The van der Waals surface area contributed by atoms with E-state index in [9.17, 15) is 9.59 Å². The van der Waals surface area contributed by atoms with E-state index in [1.165, 1.54) is 6.26 Å². The quantitative estimate of drug-likeness (QED) is 0.710. The molecule has 3 aromatic rings. The molecule has 0 spiro atoms. The number of anilines is 1. The number of carbonyl (C=O) groups excluding carboxylic acids is 2. The van der Waals surface area contributed by atoms with Gasteiger partial charge in [-0.15, -0.1) is 0 Å². The third-order valence-electron chi connectivity index (χ3n) is 3.87. The van der Waals surface area contributed by atoms with Crippen LogP contribution in [-0.2, 0) is 4.74 Å². The lowest BCUT2D eigenvalue weighted by Crippen LogP contribution is -2.14. The normalized spacial score (nSPS) is 11.0. The Bertz CT molecular complexity index is 989. The summed E-state index contributed by atoms with van der Waals surface area (Å²) < 4.78 is 10.4. The van der Waals surface area contributed by atoms with Gasteiger partial charge < -0.3 is 14.5 Å². The van der Waals surface area contributed by atoms with Gasteiger partial charge in [0.25, 0.3) is 5.91 Å². The van der Waals surface area contributed by atoms with Crippen molar-refractivity contribution in [2.75, 3.05) is 5.32 Å². The van der Waals surface area contributed by atoms with Gasteiger partial charge in [-0.05, 0) is 58.0 Å². The molecule has 0 fully saturated rings. The Labute approximate surface area is 151 Å². The number of carbonyl (C=O) groups is 2. The molecule has 26 heavy (non-hydrogen) atoms. The molecule has 2 aromatic heterocycles. The Kier molecular flexibility index (Phi) is 4.75. The van der Waals surface area contributed by atoms with Gasteiger partial charge in [0, 0.05) is 11.1 Å². The molecular formula is C20H20N2O4. The zero-order valence-corrected chi connectivity index (χ0v) is 15.1. The minimum absolute atomic E-state index is 0.211. The Morgan fingerprint density at radius 3 is 2.58 bits per heavy atom. The number of hydrogen-bond acceptors (Lipinski definition) is 5. The number of benzene rings is 1. The van der Waals surface area contributed by atoms with Crippen molar-refractivity contribution in [3.63, 3.8) is 0 Å². The lowest BCUT2D eigenvalue weighted by Gasteiger charge is -2.12. The molecule has 0 saturated carbocycles. The van der Waals surface area contributed by atoms with Crippen molar-refractivity contribution in [2.24, 2.45) is 0 Å². The molecule has 1 N–H and O–H groups in total. The summed E-state index contributed by atoms with van der Waals surface area (Å²) in [6.07, 6.45) is 1.26. The molecule has 0 unspecified atom stereocenters. The van der Waals surface area contributed by atoms with Gasteiger partial charge in [-0.3, -0.25) is 9.78 Å². The van der Waals surface area contributed by atoms with Crippen molar-refractivity contribution in [2.45, 2.75) is 33.8 Å². The number of aryl methyl sites for hydroxylation is 2. The molecule has 1 amide bonds.